The molecule has 11 nitrogen and oxygen atoms in total. The van der Waals surface area contributed by atoms with Crippen molar-refractivity contribution in [2.75, 3.05) is 0 Å². The second-order valence-corrected chi connectivity index (χ2v) is 38.6. The highest BCUT2D eigenvalue weighted by Gasteiger charge is 2.31. The zero-order chi connectivity index (χ0) is 97.3. The molecule has 0 aliphatic rings. The van der Waals surface area contributed by atoms with Gasteiger partial charge in [0.1, 0.15) is 0 Å². The van der Waals surface area contributed by atoms with Gasteiger partial charge in [0.15, 0.2) is 40.8 Å². The zero-order valence-corrected chi connectivity index (χ0v) is 85.0. The first-order valence-electron chi connectivity index (χ1n) is 48.3. The highest BCUT2D eigenvalue weighted by Crippen LogP contribution is 2.50. The average molecular weight is 1800 g/mol. The number of fused-ring (bicyclic) bond motifs is 9. The second-order valence-electron chi connectivity index (χ2n) is 38.6. The number of hydrogen-bond donors (Lipinski definition) is 0. The lowest BCUT2D eigenvalue weighted by atomic mass is 9.90. The molecule has 21 rings (SSSR count). The molecule has 0 fully saturated rings. The molecular weight excluding hydrogens is 1680 g/mol. The monoisotopic (exact) mass is 1800 g/mol. The van der Waals surface area contributed by atoms with E-state index in [1.807, 2.05) is 146 Å². The third kappa shape index (κ3) is 15.4. The van der Waals surface area contributed by atoms with Gasteiger partial charge >= 0.3 is 0 Å². The highest BCUT2D eigenvalue weighted by molar-refractivity contribution is 6.18. The summed E-state index contributed by atoms with van der Waals surface area (Å²) in [5.74, 6) is 4.76. The summed E-state index contributed by atoms with van der Waals surface area (Å²) in [6.07, 6.45) is 0. The molecule has 0 N–H and O–H groups in total. The Labute approximate surface area is 812 Å². The van der Waals surface area contributed by atoms with Crippen LogP contribution in [0.2, 0.25) is 0 Å². The lowest BCUT2D eigenvalue weighted by Crippen LogP contribution is -2.04. The fourth-order valence-corrected chi connectivity index (χ4v) is 21.4. The molecule has 0 atom stereocenters. The van der Waals surface area contributed by atoms with Gasteiger partial charge < -0.3 is 13.7 Å². The number of hydrogen-bond acceptors (Lipinski definition) is 8. The average Bonchev–Trinajstić information content (AvgIpc) is 1.55. The van der Waals surface area contributed by atoms with Crippen molar-refractivity contribution in [2.24, 2.45) is 0 Å². The normalized spacial score (nSPS) is 11.6. The molecule has 0 bridgehead atoms. The van der Waals surface area contributed by atoms with Crippen molar-refractivity contribution in [1.29, 1.82) is 0 Å². The molecule has 0 unspecified atom stereocenters. The topological polar surface area (TPSA) is 118 Å². The van der Waals surface area contributed by atoms with E-state index in [0.717, 1.165) is 78.5 Å². The zero-order valence-electron chi connectivity index (χ0n) is 85.0. The SMILES string of the molecule is Cc1cc(-c2cc(-c3ccccc3)nc(-c3ccccc3)n2)ccc1-n1c2c(C)c(C)c(C)c(C)c2c2c(C)c(C)c(C)c(C)c21.Cc1cc(-c2nc(-c3ccccc3)nc(-c3ccccc3)n2)ccc1-n1c2c(C)c(C)c(C)c(C)c2c2c(C)c(C)c(C)c(C)c21.Cc1cc(-n2c3c(C)c(C)c(C)c(C)c3c3c(C)c(C)c(C)c(C)c32)ccc1-c1nc(-c2ccccc2)nc(-c2ccccc2)n1. The number of rotatable bonds is 12. The molecule has 0 aliphatic heterocycles. The van der Waals surface area contributed by atoms with Gasteiger partial charge in [-0.1, -0.05) is 188 Å². The van der Waals surface area contributed by atoms with E-state index >= 15 is 0 Å². The summed E-state index contributed by atoms with van der Waals surface area (Å²) in [5.41, 5.74) is 58.5. The van der Waals surface area contributed by atoms with Crippen LogP contribution in [0.5, 0.6) is 0 Å². The van der Waals surface area contributed by atoms with E-state index in [0.29, 0.717) is 34.9 Å². The third-order valence-corrected chi connectivity index (χ3v) is 31.4. The van der Waals surface area contributed by atoms with Crippen LogP contribution in [0.25, 0.3) is 185 Å². The molecule has 684 valence electrons. The molecule has 6 heterocycles. The van der Waals surface area contributed by atoms with Crippen LogP contribution < -0.4 is 0 Å². The Bertz CT molecular complexity index is 7830. The summed E-state index contributed by atoms with van der Waals surface area (Å²) in [4.78, 5) is 39.9. The minimum atomic E-state index is 0.668. The fourth-order valence-electron chi connectivity index (χ4n) is 21.4. The van der Waals surface area contributed by atoms with Crippen molar-refractivity contribution in [3.8, 4) is 119 Å². The summed E-state index contributed by atoms with van der Waals surface area (Å²) in [6, 6.07) is 83.6. The highest BCUT2D eigenvalue weighted by atomic mass is 15.1. The van der Waals surface area contributed by atoms with Gasteiger partial charge in [-0.25, -0.2) is 39.9 Å². The van der Waals surface area contributed by atoms with E-state index in [-0.39, 0.29) is 0 Å². The maximum absolute atomic E-state index is 5.11. The smallest absolute Gasteiger partial charge is 0.164 e. The summed E-state index contributed by atoms with van der Waals surface area (Å²) in [7, 11) is 0. The van der Waals surface area contributed by atoms with Crippen molar-refractivity contribution >= 4 is 65.4 Å². The van der Waals surface area contributed by atoms with Crippen molar-refractivity contribution in [2.45, 2.75) is 187 Å². The molecule has 15 aromatic carbocycles. The number of aryl methyl sites for hydroxylation is 15. The molecule has 0 radical (unpaired) electrons. The van der Waals surface area contributed by atoms with Gasteiger partial charge in [-0.05, 0) is 392 Å². The third-order valence-electron chi connectivity index (χ3n) is 31.4. The van der Waals surface area contributed by atoms with Crippen molar-refractivity contribution < 1.29 is 0 Å². The minimum absolute atomic E-state index is 0.668. The van der Waals surface area contributed by atoms with Gasteiger partial charge in [0, 0.05) is 99.5 Å². The maximum atomic E-state index is 5.11. The summed E-state index contributed by atoms with van der Waals surface area (Å²) < 4.78 is 7.60. The van der Waals surface area contributed by atoms with Crippen LogP contribution in [0.15, 0.2) is 243 Å². The molecule has 21 aromatic rings. The van der Waals surface area contributed by atoms with Gasteiger partial charge in [-0.2, -0.15) is 0 Å². The van der Waals surface area contributed by atoms with E-state index in [4.69, 9.17) is 39.9 Å². The molecule has 0 saturated carbocycles. The Morgan fingerprint density at radius 2 is 0.377 bits per heavy atom. The van der Waals surface area contributed by atoms with Crippen LogP contribution in [0, 0.1) is 187 Å². The quantitative estimate of drug-likeness (QED) is 0.119. The molecule has 0 saturated heterocycles. The van der Waals surface area contributed by atoms with Crippen molar-refractivity contribution in [3.05, 3.63) is 393 Å². The van der Waals surface area contributed by atoms with E-state index in [9.17, 15) is 0 Å². The number of benzene rings is 15. The van der Waals surface area contributed by atoms with Crippen molar-refractivity contribution in [1.82, 2.24) is 53.6 Å². The van der Waals surface area contributed by atoms with Gasteiger partial charge in [-0.15, -0.1) is 0 Å². The first-order valence-corrected chi connectivity index (χ1v) is 48.3. The van der Waals surface area contributed by atoms with Gasteiger partial charge in [0.2, 0.25) is 0 Å². The maximum Gasteiger partial charge on any atom is 0.164 e. The van der Waals surface area contributed by atoms with E-state index in [1.54, 1.807) is 0 Å². The Balaban J connectivity index is 0.000000132. The van der Waals surface area contributed by atoms with Crippen LogP contribution in [0.1, 0.15) is 150 Å². The molecule has 0 aliphatic carbocycles. The van der Waals surface area contributed by atoms with Gasteiger partial charge in [-0.3, -0.25) is 0 Å². The van der Waals surface area contributed by atoms with E-state index in [2.05, 4.69) is 298 Å². The summed E-state index contributed by atoms with van der Waals surface area (Å²) >= 11 is 0. The molecule has 0 spiro atoms. The lowest BCUT2D eigenvalue weighted by molar-refractivity contribution is 1.07. The Kier molecular flexibility index (Phi) is 24.1. The van der Waals surface area contributed by atoms with E-state index in [1.165, 1.54) is 221 Å². The second kappa shape index (κ2) is 36.1. The Hall–Kier alpha value is -15.2. The first-order chi connectivity index (χ1) is 66.2. The predicted molar refractivity (Wildman–Crippen MR) is 582 cm³/mol. The molecule has 0 amide bonds. The van der Waals surface area contributed by atoms with Crippen LogP contribution >= 0.6 is 0 Å². The van der Waals surface area contributed by atoms with Gasteiger partial charge in [0.25, 0.3) is 0 Å². The number of aromatic nitrogens is 11. The molecule has 6 aromatic heterocycles. The van der Waals surface area contributed by atoms with Gasteiger partial charge in [0.05, 0.1) is 44.5 Å². The van der Waals surface area contributed by atoms with Crippen molar-refractivity contribution in [3.63, 3.8) is 0 Å². The van der Waals surface area contributed by atoms with Crippen LogP contribution in [0.4, 0.5) is 0 Å². The first kappa shape index (κ1) is 91.9. The minimum Gasteiger partial charge on any atom is -0.309 e. The van der Waals surface area contributed by atoms with E-state index < -0.39 is 0 Å². The molecule has 11 heteroatoms. The molecular formula is C127H121N11. The molecule has 138 heavy (non-hydrogen) atoms. The standard InChI is InChI=1S/C43H41N3.2C42H40N4/c1-24-22-35(37-23-36(33-16-12-10-13-17-33)44-43(45-37)34-18-14-11-15-19-34)20-21-38(24)46-41-31(8)27(4)25(2)29(6)39(41)40-30(7)26(3)28(5)32(9)42(40)46;1-23-22-34(46-38-30(8)26(4)24(2)28(6)36(38)37-29(7)25(3)27(5)31(9)39(37)46)20-21-35(23)42-44-40(32-16-12-10-13-17-32)43-41(45-42)33-18-14-11-15-19-33;1-23-22-34(42-44-40(32-16-12-10-13-17-32)43-41(45-42)33-18-14-11-15-19-33)20-21-35(23)46-38-30(8)26(4)24(2)28(6)36(38)37-29(7)25(3)27(5)31(9)39(37)46/h10-23H,1-9H3;2*10-22H,1-9H3. The Morgan fingerprint density at radius 1 is 0.152 bits per heavy atom. The van der Waals surface area contributed by atoms with Crippen LogP contribution in [-0.2, 0) is 0 Å². The van der Waals surface area contributed by atoms with Crippen LogP contribution in [0.3, 0.4) is 0 Å². The fraction of sp³-hybridized carbons (Fsp3) is 0.213. The summed E-state index contributed by atoms with van der Waals surface area (Å²) in [6.45, 7) is 61.4. The Morgan fingerprint density at radius 3 is 0.652 bits per heavy atom. The lowest BCUT2D eigenvalue weighted by Gasteiger charge is -2.18. The predicted octanol–water partition coefficient (Wildman–Crippen LogP) is 32.8. The number of nitrogens with zero attached hydrogens (tertiary/aromatic N) is 11. The summed E-state index contributed by atoms with van der Waals surface area (Å²) in [5, 5.41) is 8.27. The van der Waals surface area contributed by atoms with Crippen LogP contribution in [-0.4, -0.2) is 53.6 Å². The largest absolute Gasteiger partial charge is 0.309 e.